The van der Waals surface area contributed by atoms with E-state index in [4.69, 9.17) is 11.6 Å². The summed E-state index contributed by atoms with van der Waals surface area (Å²) in [5, 5.41) is 3.63. The summed E-state index contributed by atoms with van der Waals surface area (Å²) >= 11 is 7.69. The summed E-state index contributed by atoms with van der Waals surface area (Å²) in [5.41, 5.74) is 0. The van der Waals surface area contributed by atoms with Crippen molar-refractivity contribution in [2.75, 3.05) is 6.54 Å². The second kappa shape index (κ2) is 6.04. The van der Waals surface area contributed by atoms with Crippen LogP contribution in [-0.2, 0) is 6.42 Å². The molecule has 2 rings (SSSR count). The molecule has 0 aliphatic heterocycles. The highest BCUT2D eigenvalue weighted by atomic mass is 35.5. The van der Waals surface area contributed by atoms with E-state index >= 15 is 0 Å². The van der Waals surface area contributed by atoms with Gasteiger partial charge in [0.05, 0.1) is 4.34 Å². The molecule has 1 N–H and O–H groups in total. The molecular formula is C13H20ClNS. The Morgan fingerprint density at radius 1 is 1.44 bits per heavy atom. The molecule has 1 heterocycles. The second-order valence-corrected chi connectivity index (χ2v) is 6.54. The molecule has 0 radical (unpaired) electrons. The van der Waals surface area contributed by atoms with E-state index in [1.807, 2.05) is 6.07 Å². The highest BCUT2D eigenvalue weighted by Crippen LogP contribution is 2.31. The molecule has 0 aromatic carbocycles. The van der Waals surface area contributed by atoms with Gasteiger partial charge in [0.2, 0.25) is 0 Å². The van der Waals surface area contributed by atoms with Crippen LogP contribution in [0.2, 0.25) is 4.34 Å². The highest BCUT2D eigenvalue weighted by molar-refractivity contribution is 7.16. The van der Waals surface area contributed by atoms with Crippen LogP contribution in [0.15, 0.2) is 12.1 Å². The Kier molecular flexibility index (Phi) is 4.68. The monoisotopic (exact) mass is 257 g/mol. The van der Waals surface area contributed by atoms with E-state index in [9.17, 15) is 0 Å². The fraction of sp³-hybridized carbons (Fsp3) is 0.692. The van der Waals surface area contributed by atoms with E-state index in [1.165, 1.54) is 43.5 Å². The van der Waals surface area contributed by atoms with Crippen LogP contribution in [0.1, 0.15) is 37.5 Å². The molecule has 1 aliphatic rings. The number of hydrogen-bond donors (Lipinski definition) is 1. The van der Waals surface area contributed by atoms with Crippen molar-refractivity contribution in [3.8, 4) is 0 Å². The van der Waals surface area contributed by atoms with Gasteiger partial charge in [-0.25, -0.2) is 0 Å². The Bertz CT molecular complexity index is 323. The molecule has 1 saturated carbocycles. The number of nitrogens with one attached hydrogen (secondary N) is 1. The summed E-state index contributed by atoms with van der Waals surface area (Å²) < 4.78 is 0.925. The van der Waals surface area contributed by atoms with E-state index in [1.54, 1.807) is 11.3 Å². The molecule has 0 spiro atoms. The fourth-order valence-corrected chi connectivity index (χ4v) is 3.74. The van der Waals surface area contributed by atoms with Gasteiger partial charge in [-0.2, -0.15) is 0 Å². The molecule has 1 fully saturated rings. The number of thiophene rings is 1. The van der Waals surface area contributed by atoms with Crippen LogP contribution in [0.5, 0.6) is 0 Å². The van der Waals surface area contributed by atoms with Crippen molar-refractivity contribution < 1.29 is 0 Å². The lowest BCUT2D eigenvalue weighted by Gasteiger charge is -2.12. The van der Waals surface area contributed by atoms with Gasteiger partial charge in [-0.1, -0.05) is 18.5 Å². The number of rotatable bonds is 5. The first-order valence-corrected chi connectivity index (χ1v) is 7.45. The van der Waals surface area contributed by atoms with Gasteiger partial charge in [-0.15, -0.1) is 11.3 Å². The SMILES string of the molecule is CCCNC1CCC(Cc2ccc(Cl)s2)C1. The molecule has 0 amide bonds. The first-order chi connectivity index (χ1) is 7.78. The van der Waals surface area contributed by atoms with E-state index in [-0.39, 0.29) is 0 Å². The van der Waals surface area contributed by atoms with Crippen LogP contribution in [0, 0.1) is 5.92 Å². The fourth-order valence-electron chi connectivity index (χ4n) is 2.54. The highest BCUT2D eigenvalue weighted by Gasteiger charge is 2.24. The van der Waals surface area contributed by atoms with Gasteiger partial charge in [0.25, 0.3) is 0 Å². The van der Waals surface area contributed by atoms with Crippen molar-refractivity contribution in [1.29, 1.82) is 0 Å². The molecule has 0 bridgehead atoms. The Labute approximate surface area is 107 Å². The Morgan fingerprint density at radius 3 is 3.00 bits per heavy atom. The van der Waals surface area contributed by atoms with Crippen molar-refractivity contribution in [3.63, 3.8) is 0 Å². The van der Waals surface area contributed by atoms with Crippen LogP contribution in [0.4, 0.5) is 0 Å². The minimum Gasteiger partial charge on any atom is -0.314 e. The normalized spacial score (nSPS) is 25.1. The lowest BCUT2D eigenvalue weighted by molar-refractivity contribution is 0.486. The summed E-state index contributed by atoms with van der Waals surface area (Å²) in [4.78, 5) is 1.45. The third kappa shape index (κ3) is 3.47. The summed E-state index contributed by atoms with van der Waals surface area (Å²) in [6.07, 6.45) is 6.53. The zero-order valence-corrected chi connectivity index (χ0v) is 11.4. The van der Waals surface area contributed by atoms with Gasteiger partial charge in [0, 0.05) is 10.9 Å². The number of halogens is 1. The summed E-state index contributed by atoms with van der Waals surface area (Å²) in [7, 11) is 0. The van der Waals surface area contributed by atoms with E-state index in [2.05, 4.69) is 18.3 Å². The van der Waals surface area contributed by atoms with Gasteiger partial charge >= 0.3 is 0 Å². The number of hydrogen-bond acceptors (Lipinski definition) is 2. The van der Waals surface area contributed by atoms with E-state index < -0.39 is 0 Å². The molecule has 1 aromatic rings. The zero-order chi connectivity index (χ0) is 11.4. The molecule has 90 valence electrons. The van der Waals surface area contributed by atoms with Crippen LogP contribution >= 0.6 is 22.9 Å². The molecule has 1 nitrogen and oxygen atoms in total. The first kappa shape index (κ1) is 12.4. The Balaban J connectivity index is 1.76. The maximum atomic E-state index is 5.95. The van der Waals surface area contributed by atoms with Gasteiger partial charge in [0.1, 0.15) is 0 Å². The van der Waals surface area contributed by atoms with Gasteiger partial charge < -0.3 is 5.32 Å². The van der Waals surface area contributed by atoms with Gasteiger partial charge in [-0.3, -0.25) is 0 Å². The smallest absolute Gasteiger partial charge is 0.0931 e. The third-order valence-corrected chi connectivity index (χ3v) is 4.60. The molecule has 1 aromatic heterocycles. The maximum absolute atomic E-state index is 5.95. The minimum absolute atomic E-state index is 0.764. The van der Waals surface area contributed by atoms with Crippen molar-refractivity contribution >= 4 is 22.9 Å². The summed E-state index contributed by atoms with van der Waals surface area (Å²) in [5.74, 6) is 0.865. The second-order valence-electron chi connectivity index (χ2n) is 4.74. The maximum Gasteiger partial charge on any atom is 0.0931 e. The molecule has 2 atom stereocenters. The van der Waals surface area contributed by atoms with E-state index in [0.717, 1.165) is 16.3 Å². The predicted octanol–water partition coefficient (Wildman–Crippen LogP) is 4.11. The Morgan fingerprint density at radius 2 is 2.31 bits per heavy atom. The zero-order valence-electron chi connectivity index (χ0n) is 9.84. The van der Waals surface area contributed by atoms with Gasteiger partial charge in [-0.05, 0) is 56.7 Å². The lowest BCUT2D eigenvalue weighted by Crippen LogP contribution is -2.27. The standard InChI is InChI=1S/C13H20ClNS/c1-2-7-15-11-4-3-10(8-11)9-12-5-6-13(14)16-12/h5-6,10-11,15H,2-4,7-9H2,1H3. The minimum atomic E-state index is 0.764. The predicted molar refractivity (Wildman–Crippen MR) is 72.5 cm³/mol. The topological polar surface area (TPSA) is 12.0 Å². The van der Waals surface area contributed by atoms with Crippen molar-refractivity contribution in [1.82, 2.24) is 5.32 Å². The lowest BCUT2D eigenvalue weighted by atomic mass is 10.0. The Hall–Kier alpha value is -0.0500. The largest absolute Gasteiger partial charge is 0.314 e. The molecule has 0 saturated heterocycles. The van der Waals surface area contributed by atoms with Crippen molar-refractivity contribution in [2.45, 2.75) is 45.1 Å². The quantitative estimate of drug-likeness (QED) is 0.837. The van der Waals surface area contributed by atoms with Crippen LogP contribution in [0.25, 0.3) is 0 Å². The van der Waals surface area contributed by atoms with Crippen molar-refractivity contribution in [2.24, 2.45) is 5.92 Å². The van der Waals surface area contributed by atoms with Crippen molar-refractivity contribution in [3.05, 3.63) is 21.3 Å². The first-order valence-electron chi connectivity index (χ1n) is 6.25. The van der Waals surface area contributed by atoms with Crippen LogP contribution < -0.4 is 5.32 Å². The molecule has 1 aliphatic carbocycles. The summed E-state index contributed by atoms with van der Waals surface area (Å²) in [6.45, 7) is 3.40. The molecule has 3 heteroatoms. The average Bonchev–Trinajstić information content (AvgIpc) is 2.86. The third-order valence-electron chi connectivity index (χ3n) is 3.34. The summed E-state index contributed by atoms with van der Waals surface area (Å²) in [6, 6.07) is 4.96. The molecule has 16 heavy (non-hydrogen) atoms. The molecular weight excluding hydrogens is 238 g/mol. The van der Waals surface area contributed by atoms with Crippen LogP contribution in [0.3, 0.4) is 0 Å². The van der Waals surface area contributed by atoms with E-state index in [0.29, 0.717) is 0 Å². The average molecular weight is 258 g/mol. The van der Waals surface area contributed by atoms with Crippen LogP contribution in [-0.4, -0.2) is 12.6 Å². The molecule has 2 unspecified atom stereocenters. The van der Waals surface area contributed by atoms with Gasteiger partial charge in [0.15, 0.2) is 0 Å².